The van der Waals surface area contributed by atoms with E-state index >= 15 is 0 Å². The Morgan fingerprint density at radius 2 is 1.80 bits per heavy atom. The van der Waals surface area contributed by atoms with Crippen molar-refractivity contribution in [1.29, 1.82) is 0 Å². The van der Waals surface area contributed by atoms with Gasteiger partial charge in [0.2, 0.25) is 5.88 Å². The second-order valence-electron chi connectivity index (χ2n) is 7.30. The van der Waals surface area contributed by atoms with Gasteiger partial charge >= 0.3 is 5.97 Å². The fourth-order valence-electron chi connectivity index (χ4n) is 3.52. The van der Waals surface area contributed by atoms with Gasteiger partial charge in [0, 0.05) is 37.8 Å². The first-order valence-corrected chi connectivity index (χ1v) is 10.0. The standard InChI is InChI=1S/C25H27NO4/c1-17-6-4-7-18(2)25(17)21-9-5-8-20(14-21)16-29-24-11-10-22(15-26-24)23(12-13-27)30-19(3)28/h4-11,14-15,23,27H,12-13,16H2,1-3H3. The SMILES string of the molecule is CC(=O)OC(CCO)c1ccc(OCc2cccc(-c3c(C)cccc3C)c2)nc1. The molecule has 0 saturated carbocycles. The van der Waals surface area contributed by atoms with Crippen LogP contribution in [0, 0.1) is 13.8 Å². The average molecular weight is 405 g/mol. The summed E-state index contributed by atoms with van der Waals surface area (Å²) in [5.74, 6) is 0.0966. The largest absolute Gasteiger partial charge is 0.473 e. The quantitative estimate of drug-likeness (QED) is 0.538. The lowest BCUT2D eigenvalue weighted by Gasteiger charge is -2.16. The second-order valence-corrected chi connectivity index (χ2v) is 7.30. The van der Waals surface area contributed by atoms with Crippen molar-refractivity contribution < 1.29 is 19.4 Å². The highest BCUT2D eigenvalue weighted by molar-refractivity contribution is 5.71. The van der Waals surface area contributed by atoms with Crippen LogP contribution in [-0.2, 0) is 16.1 Å². The Kier molecular flexibility index (Phi) is 7.20. The van der Waals surface area contributed by atoms with Gasteiger partial charge in [-0.25, -0.2) is 4.98 Å². The van der Waals surface area contributed by atoms with Gasteiger partial charge in [-0.2, -0.15) is 0 Å². The topological polar surface area (TPSA) is 68.7 Å². The number of aryl methyl sites for hydroxylation is 2. The molecule has 30 heavy (non-hydrogen) atoms. The lowest BCUT2D eigenvalue weighted by molar-refractivity contribution is -0.147. The number of aromatic nitrogens is 1. The highest BCUT2D eigenvalue weighted by atomic mass is 16.5. The Morgan fingerprint density at radius 1 is 1.07 bits per heavy atom. The molecular weight excluding hydrogens is 378 g/mol. The molecule has 1 N–H and O–H groups in total. The molecule has 0 amide bonds. The van der Waals surface area contributed by atoms with Gasteiger partial charge in [-0.15, -0.1) is 0 Å². The summed E-state index contributed by atoms with van der Waals surface area (Å²) in [6.45, 7) is 5.91. The maximum atomic E-state index is 11.3. The monoisotopic (exact) mass is 405 g/mol. The molecule has 5 nitrogen and oxygen atoms in total. The molecular formula is C25H27NO4. The van der Waals surface area contributed by atoms with Crippen molar-refractivity contribution in [3.63, 3.8) is 0 Å². The predicted octanol–water partition coefficient (Wildman–Crippen LogP) is 4.93. The molecule has 1 atom stereocenters. The number of hydrogen-bond acceptors (Lipinski definition) is 5. The first kappa shape index (κ1) is 21.5. The Balaban J connectivity index is 1.69. The first-order valence-electron chi connectivity index (χ1n) is 10.0. The summed E-state index contributed by atoms with van der Waals surface area (Å²) in [5.41, 5.74) is 6.69. The van der Waals surface area contributed by atoms with Crippen LogP contribution in [0.4, 0.5) is 0 Å². The van der Waals surface area contributed by atoms with Gasteiger partial charge in [0.1, 0.15) is 12.7 Å². The predicted molar refractivity (Wildman–Crippen MR) is 116 cm³/mol. The number of pyridine rings is 1. The zero-order valence-electron chi connectivity index (χ0n) is 17.6. The molecule has 0 aliphatic carbocycles. The molecule has 0 saturated heterocycles. The van der Waals surface area contributed by atoms with E-state index in [9.17, 15) is 9.90 Å². The molecule has 0 bridgehead atoms. The maximum absolute atomic E-state index is 11.3. The third-order valence-electron chi connectivity index (χ3n) is 4.91. The van der Waals surface area contributed by atoms with E-state index in [4.69, 9.17) is 9.47 Å². The summed E-state index contributed by atoms with van der Waals surface area (Å²) >= 11 is 0. The summed E-state index contributed by atoms with van der Waals surface area (Å²) in [4.78, 5) is 15.6. The molecule has 0 aliphatic rings. The van der Waals surface area contributed by atoms with Crippen molar-refractivity contribution in [2.45, 2.75) is 39.9 Å². The van der Waals surface area contributed by atoms with Crippen molar-refractivity contribution in [1.82, 2.24) is 4.98 Å². The molecule has 156 valence electrons. The van der Waals surface area contributed by atoms with Crippen molar-refractivity contribution >= 4 is 5.97 Å². The van der Waals surface area contributed by atoms with Crippen LogP contribution >= 0.6 is 0 Å². The number of nitrogens with zero attached hydrogens (tertiary/aromatic N) is 1. The number of aliphatic hydroxyl groups excluding tert-OH is 1. The van der Waals surface area contributed by atoms with Gasteiger partial charge in [0.15, 0.2) is 0 Å². The van der Waals surface area contributed by atoms with Crippen molar-refractivity contribution in [2.75, 3.05) is 6.61 Å². The van der Waals surface area contributed by atoms with E-state index in [1.165, 1.54) is 29.2 Å². The van der Waals surface area contributed by atoms with Crippen molar-refractivity contribution in [2.24, 2.45) is 0 Å². The van der Waals surface area contributed by atoms with Crippen LogP contribution in [-0.4, -0.2) is 22.7 Å². The minimum absolute atomic E-state index is 0.0765. The smallest absolute Gasteiger partial charge is 0.303 e. The fraction of sp³-hybridized carbons (Fsp3) is 0.280. The Hall–Kier alpha value is -3.18. The Bertz CT molecular complexity index is 978. The van der Waals surface area contributed by atoms with Crippen LogP contribution in [0.3, 0.4) is 0 Å². The Labute approximate surface area is 177 Å². The van der Waals surface area contributed by atoms with E-state index in [1.54, 1.807) is 18.3 Å². The molecule has 3 aromatic rings. The molecule has 1 aromatic heterocycles. The van der Waals surface area contributed by atoms with E-state index in [0.29, 0.717) is 18.9 Å². The number of esters is 1. The van der Waals surface area contributed by atoms with E-state index in [-0.39, 0.29) is 6.61 Å². The van der Waals surface area contributed by atoms with Crippen molar-refractivity contribution in [3.05, 3.63) is 83.0 Å². The summed E-state index contributed by atoms with van der Waals surface area (Å²) in [7, 11) is 0. The van der Waals surface area contributed by atoms with E-state index < -0.39 is 12.1 Å². The number of rotatable bonds is 8. The first-order chi connectivity index (χ1) is 14.5. The lowest BCUT2D eigenvalue weighted by atomic mass is 9.95. The minimum atomic E-state index is -0.511. The second kappa shape index (κ2) is 10.0. The maximum Gasteiger partial charge on any atom is 0.303 e. The third kappa shape index (κ3) is 5.45. The lowest BCUT2D eigenvalue weighted by Crippen LogP contribution is -2.10. The number of hydrogen-bond donors (Lipinski definition) is 1. The highest BCUT2D eigenvalue weighted by Gasteiger charge is 2.15. The van der Waals surface area contributed by atoms with Gasteiger partial charge < -0.3 is 14.6 Å². The molecule has 3 rings (SSSR count). The normalized spacial score (nSPS) is 11.7. The molecule has 0 aliphatic heterocycles. The van der Waals surface area contributed by atoms with Gasteiger partial charge in [0.25, 0.3) is 0 Å². The molecule has 2 aromatic carbocycles. The van der Waals surface area contributed by atoms with Gasteiger partial charge in [-0.1, -0.05) is 36.4 Å². The van der Waals surface area contributed by atoms with Crippen LogP contribution < -0.4 is 4.74 Å². The average Bonchev–Trinajstić information content (AvgIpc) is 2.72. The molecule has 0 spiro atoms. The van der Waals surface area contributed by atoms with Crippen LogP contribution in [0.15, 0.2) is 60.8 Å². The number of benzene rings is 2. The van der Waals surface area contributed by atoms with Crippen LogP contribution in [0.25, 0.3) is 11.1 Å². The van der Waals surface area contributed by atoms with E-state index in [0.717, 1.165) is 11.1 Å². The molecule has 1 heterocycles. The highest BCUT2D eigenvalue weighted by Crippen LogP contribution is 2.28. The molecule has 0 fully saturated rings. The van der Waals surface area contributed by atoms with Gasteiger partial charge in [0.05, 0.1) is 0 Å². The van der Waals surface area contributed by atoms with E-state index in [1.807, 2.05) is 12.1 Å². The third-order valence-corrected chi connectivity index (χ3v) is 4.91. The molecule has 0 radical (unpaired) electrons. The summed E-state index contributed by atoms with van der Waals surface area (Å²) in [5, 5.41) is 9.18. The summed E-state index contributed by atoms with van der Waals surface area (Å²) in [6.07, 6.45) is 1.43. The van der Waals surface area contributed by atoms with Gasteiger partial charge in [-0.3, -0.25) is 4.79 Å². The van der Waals surface area contributed by atoms with Crippen molar-refractivity contribution in [3.8, 4) is 17.0 Å². The van der Waals surface area contributed by atoms with Crippen LogP contribution in [0.2, 0.25) is 0 Å². The number of aliphatic hydroxyl groups is 1. The molecule has 5 heteroatoms. The van der Waals surface area contributed by atoms with Crippen LogP contribution in [0.1, 0.15) is 41.7 Å². The van der Waals surface area contributed by atoms with E-state index in [2.05, 4.69) is 49.2 Å². The number of carbonyl (C=O) groups is 1. The number of ether oxygens (including phenoxy) is 2. The zero-order valence-corrected chi connectivity index (χ0v) is 17.6. The summed E-state index contributed by atoms with van der Waals surface area (Å²) < 4.78 is 11.1. The summed E-state index contributed by atoms with van der Waals surface area (Å²) in [6, 6.07) is 18.2. The van der Waals surface area contributed by atoms with Gasteiger partial charge in [-0.05, 0) is 53.8 Å². The van der Waals surface area contributed by atoms with Crippen LogP contribution in [0.5, 0.6) is 5.88 Å². The fourth-order valence-corrected chi connectivity index (χ4v) is 3.52. The Morgan fingerprint density at radius 3 is 2.43 bits per heavy atom. The molecule has 1 unspecified atom stereocenters. The zero-order chi connectivity index (χ0) is 21.5. The number of carbonyl (C=O) groups excluding carboxylic acids is 1. The minimum Gasteiger partial charge on any atom is -0.473 e.